The van der Waals surface area contributed by atoms with Crippen molar-refractivity contribution in [3.8, 4) is 0 Å². The quantitative estimate of drug-likeness (QED) is 0.433. The van der Waals surface area contributed by atoms with E-state index in [1.54, 1.807) is 0 Å². The van der Waals surface area contributed by atoms with Gasteiger partial charge in [0.15, 0.2) is 0 Å². The molecule has 0 heterocycles. The summed E-state index contributed by atoms with van der Waals surface area (Å²) in [5.74, 6) is 1.95. The molecule has 3 nitrogen and oxygen atoms in total. The van der Waals surface area contributed by atoms with Crippen molar-refractivity contribution < 1.29 is 15.3 Å². The smallest absolute Gasteiger partial charge is 0.0811 e. The van der Waals surface area contributed by atoms with Crippen molar-refractivity contribution in [3.63, 3.8) is 0 Å². The summed E-state index contributed by atoms with van der Waals surface area (Å²) in [5, 5.41) is 30.1. The molecule has 2 rings (SSSR count). The second-order valence-corrected chi connectivity index (χ2v) is 10.9. The summed E-state index contributed by atoms with van der Waals surface area (Å²) in [4.78, 5) is 0. The van der Waals surface area contributed by atoms with Gasteiger partial charge in [0.25, 0.3) is 0 Å². The van der Waals surface area contributed by atoms with Crippen LogP contribution in [0.5, 0.6) is 0 Å². The Labute approximate surface area is 185 Å². The normalized spacial score (nSPS) is 35.5. The summed E-state index contributed by atoms with van der Waals surface area (Å²) in [6.45, 7) is 15.0. The van der Waals surface area contributed by atoms with Crippen LogP contribution in [-0.2, 0) is 0 Å². The van der Waals surface area contributed by atoms with Crippen LogP contribution in [0, 0.1) is 23.2 Å². The lowest BCUT2D eigenvalue weighted by Gasteiger charge is -2.39. The van der Waals surface area contributed by atoms with Crippen LogP contribution >= 0.6 is 0 Å². The van der Waals surface area contributed by atoms with E-state index < -0.39 is 17.8 Å². The van der Waals surface area contributed by atoms with Crippen LogP contribution in [0.1, 0.15) is 92.4 Å². The average Bonchev–Trinajstić information content (AvgIpc) is 2.94. The van der Waals surface area contributed by atoms with E-state index in [0.29, 0.717) is 30.1 Å². The van der Waals surface area contributed by atoms with Crippen molar-refractivity contribution in [2.24, 2.45) is 23.2 Å². The first-order valence-corrected chi connectivity index (χ1v) is 12.1. The molecule has 0 spiro atoms. The number of allylic oxidation sites excluding steroid dienone is 3. The second-order valence-electron chi connectivity index (χ2n) is 10.9. The first kappa shape index (κ1) is 25.4. The summed E-state index contributed by atoms with van der Waals surface area (Å²) in [5.41, 5.74) is 1.47. The molecule has 0 bridgehead atoms. The van der Waals surface area contributed by atoms with Gasteiger partial charge in [-0.15, -0.1) is 0 Å². The highest BCUT2D eigenvalue weighted by atomic mass is 16.3. The topological polar surface area (TPSA) is 60.7 Å². The minimum absolute atomic E-state index is 0.306. The van der Waals surface area contributed by atoms with Crippen molar-refractivity contribution in [1.82, 2.24) is 0 Å². The first-order valence-electron chi connectivity index (χ1n) is 12.1. The summed E-state index contributed by atoms with van der Waals surface area (Å²) < 4.78 is 0. The fraction of sp³-hybridized carbons (Fsp3) is 0.778. The standard InChI is InChI=1S/C27H46O3/c1-7-15-27(6)22(12-8-11-21-17-23(28)18-25(29)20(21)3)13-14-24(27)19(2)10-9-16-26(4,5)30/h8,11-12,19,22-25,28-30H,3,7,9-10,13-18H2,1-2,4-6H3/b12-8+,21-11+. The highest BCUT2D eigenvalue weighted by molar-refractivity contribution is 5.37. The molecule has 0 radical (unpaired) electrons. The van der Waals surface area contributed by atoms with Gasteiger partial charge in [0.2, 0.25) is 0 Å². The number of aliphatic hydroxyl groups excluding tert-OH is 2. The maximum absolute atomic E-state index is 10.1. The van der Waals surface area contributed by atoms with Crippen LogP contribution in [0.2, 0.25) is 0 Å². The van der Waals surface area contributed by atoms with Gasteiger partial charge < -0.3 is 15.3 Å². The summed E-state index contributed by atoms with van der Waals surface area (Å²) >= 11 is 0. The molecule has 3 N–H and O–H groups in total. The van der Waals surface area contributed by atoms with Crippen LogP contribution in [0.25, 0.3) is 0 Å². The molecule has 6 atom stereocenters. The summed E-state index contributed by atoms with van der Waals surface area (Å²) in [6.07, 6.45) is 14.5. The fourth-order valence-electron chi connectivity index (χ4n) is 6.07. The first-order chi connectivity index (χ1) is 14.0. The Morgan fingerprint density at radius 1 is 1.27 bits per heavy atom. The SMILES string of the molecule is C=C1/C(=C/C=C/C2CCC(C(C)CCCC(C)(C)O)C2(C)CCC)CC(O)CC1O. The molecular weight excluding hydrogens is 372 g/mol. The van der Waals surface area contributed by atoms with Crippen LogP contribution in [0.4, 0.5) is 0 Å². The molecule has 0 saturated heterocycles. The number of hydrogen-bond donors (Lipinski definition) is 3. The van der Waals surface area contributed by atoms with Gasteiger partial charge in [-0.3, -0.25) is 0 Å². The average molecular weight is 419 g/mol. The van der Waals surface area contributed by atoms with Gasteiger partial charge in [-0.05, 0) is 80.3 Å². The molecule has 2 fully saturated rings. The third-order valence-electron chi connectivity index (χ3n) is 7.81. The lowest BCUT2D eigenvalue weighted by atomic mass is 9.66. The van der Waals surface area contributed by atoms with Crippen LogP contribution in [0.3, 0.4) is 0 Å². The van der Waals surface area contributed by atoms with E-state index >= 15 is 0 Å². The van der Waals surface area contributed by atoms with E-state index in [0.717, 1.165) is 29.9 Å². The fourth-order valence-corrected chi connectivity index (χ4v) is 6.07. The Bertz CT molecular complexity index is 627. The van der Waals surface area contributed by atoms with Crippen molar-refractivity contribution in [2.45, 2.75) is 110 Å². The second kappa shape index (κ2) is 10.6. The number of hydrogen-bond acceptors (Lipinski definition) is 3. The third kappa shape index (κ3) is 6.55. The van der Waals surface area contributed by atoms with Gasteiger partial charge in [-0.2, -0.15) is 0 Å². The van der Waals surface area contributed by atoms with E-state index in [4.69, 9.17) is 0 Å². The number of aliphatic hydroxyl groups is 3. The molecule has 0 aromatic carbocycles. The molecule has 2 saturated carbocycles. The van der Waals surface area contributed by atoms with Crippen molar-refractivity contribution in [3.05, 3.63) is 36.0 Å². The number of rotatable bonds is 9. The zero-order chi connectivity index (χ0) is 22.5. The predicted molar refractivity (Wildman–Crippen MR) is 126 cm³/mol. The van der Waals surface area contributed by atoms with Crippen LogP contribution in [-0.4, -0.2) is 33.1 Å². The molecule has 3 heteroatoms. The van der Waals surface area contributed by atoms with Gasteiger partial charge in [-0.25, -0.2) is 0 Å². The zero-order valence-corrected chi connectivity index (χ0v) is 20.0. The molecule has 2 aliphatic rings. The minimum atomic E-state index is -0.626. The van der Waals surface area contributed by atoms with Gasteiger partial charge in [0.05, 0.1) is 17.8 Å². The highest BCUT2D eigenvalue weighted by Gasteiger charge is 2.46. The van der Waals surface area contributed by atoms with E-state index in [-0.39, 0.29) is 0 Å². The minimum Gasteiger partial charge on any atom is -0.393 e. The predicted octanol–water partition coefficient (Wildman–Crippen LogP) is 5.95. The Morgan fingerprint density at radius 2 is 1.97 bits per heavy atom. The Morgan fingerprint density at radius 3 is 2.60 bits per heavy atom. The van der Waals surface area contributed by atoms with E-state index in [2.05, 4.69) is 45.6 Å². The molecule has 30 heavy (non-hydrogen) atoms. The van der Waals surface area contributed by atoms with E-state index in [1.165, 1.54) is 32.1 Å². The van der Waals surface area contributed by atoms with Gasteiger partial charge in [0, 0.05) is 6.42 Å². The van der Waals surface area contributed by atoms with Gasteiger partial charge in [0.1, 0.15) is 0 Å². The Hall–Kier alpha value is -0.900. The molecule has 172 valence electrons. The van der Waals surface area contributed by atoms with Crippen LogP contribution < -0.4 is 0 Å². The lowest BCUT2D eigenvalue weighted by Crippen LogP contribution is -2.32. The Kier molecular flexibility index (Phi) is 8.97. The monoisotopic (exact) mass is 418 g/mol. The maximum Gasteiger partial charge on any atom is 0.0811 e. The van der Waals surface area contributed by atoms with Crippen molar-refractivity contribution >= 4 is 0 Å². The lowest BCUT2D eigenvalue weighted by molar-refractivity contribution is 0.0619. The van der Waals surface area contributed by atoms with Crippen LogP contribution in [0.15, 0.2) is 36.0 Å². The summed E-state index contributed by atoms with van der Waals surface area (Å²) in [6, 6.07) is 0. The highest BCUT2D eigenvalue weighted by Crippen LogP contribution is 2.55. The van der Waals surface area contributed by atoms with Crippen molar-refractivity contribution in [1.29, 1.82) is 0 Å². The molecule has 0 aromatic heterocycles. The Balaban J connectivity index is 2.06. The third-order valence-corrected chi connectivity index (χ3v) is 7.81. The van der Waals surface area contributed by atoms with Gasteiger partial charge >= 0.3 is 0 Å². The molecule has 6 unspecified atom stereocenters. The van der Waals surface area contributed by atoms with E-state index in [9.17, 15) is 15.3 Å². The summed E-state index contributed by atoms with van der Waals surface area (Å²) in [7, 11) is 0. The zero-order valence-electron chi connectivity index (χ0n) is 20.0. The molecule has 0 amide bonds. The molecule has 2 aliphatic carbocycles. The van der Waals surface area contributed by atoms with Crippen molar-refractivity contribution in [2.75, 3.05) is 0 Å². The van der Waals surface area contributed by atoms with Gasteiger partial charge in [-0.1, -0.05) is 64.8 Å². The molecule has 0 aliphatic heterocycles. The largest absolute Gasteiger partial charge is 0.393 e. The molecular formula is C27H46O3. The molecule has 0 aromatic rings. The maximum atomic E-state index is 10.1. The van der Waals surface area contributed by atoms with E-state index in [1.807, 2.05) is 13.8 Å².